The normalized spacial score (nSPS) is 31.2. The molecule has 0 aromatic heterocycles. The lowest BCUT2D eigenvalue weighted by molar-refractivity contribution is -0.147. The Morgan fingerprint density at radius 1 is 0.696 bits per heavy atom. The van der Waals surface area contributed by atoms with Gasteiger partial charge in [0, 0.05) is 6.92 Å². The minimum absolute atomic E-state index is 0.0907. The van der Waals surface area contributed by atoms with Gasteiger partial charge in [0.25, 0.3) is 0 Å². The standard InChI is InChI=1S/C20H35O2S/c1-16(21)22-17-12-14-20(15-13-17)23(18-8-4-2-5-9-18)19-10-6-3-7-11-19/h17-20H,2-15H2,1H3/q+1. The zero-order chi connectivity index (χ0) is 16.1. The third-order valence-electron chi connectivity index (χ3n) is 6.21. The lowest BCUT2D eigenvalue weighted by Gasteiger charge is -2.37. The maximum Gasteiger partial charge on any atom is 0.302 e. The van der Waals surface area contributed by atoms with Crippen molar-refractivity contribution < 1.29 is 9.53 Å². The van der Waals surface area contributed by atoms with E-state index >= 15 is 0 Å². The largest absolute Gasteiger partial charge is 0.463 e. The first-order valence-electron chi connectivity index (χ1n) is 10.1. The van der Waals surface area contributed by atoms with Gasteiger partial charge < -0.3 is 4.74 Å². The van der Waals surface area contributed by atoms with Crippen molar-refractivity contribution in [2.45, 2.75) is 119 Å². The summed E-state index contributed by atoms with van der Waals surface area (Å²) >= 11 is 0. The first-order valence-corrected chi connectivity index (χ1v) is 11.5. The Kier molecular flexibility index (Phi) is 6.73. The number of ether oxygens (including phenoxy) is 1. The van der Waals surface area contributed by atoms with Gasteiger partial charge in [0.15, 0.2) is 0 Å². The summed E-state index contributed by atoms with van der Waals surface area (Å²) in [5, 5.41) is 3.00. The molecule has 3 fully saturated rings. The van der Waals surface area contributed by atoms with Crippen molar-refractivity contribution in [2.24, 2.45) is 0 Å². The monoisotopic (exact) mass is 339 g/mol. The molecule has 0 N–H and O–H groups in total. The van der Waals surface area contributed by atoms with E-state index in [4.69, 9.17) is 4.74 Å². The molecule has 0 aromatic carbocycles. The fourth-order valence-corrected chi connectivity index (χ4v) is 9.35. The second-order valence-corrected chi connectivity index (χ2v) is 10.8. The van der Waals surface area contributed by atoms with Crippen LogP contribution in [0.1, 0.15) is 96.8 Å². The van der Waals surface area contributed by atoms with E-state index in [2.05, 4.69) is 0 Å². The molecule has 3 rings (SSSR count). The summed E-state index contributed by atoms with van der Waals surface area (Å²) in [6, 6.07) is 0. The molecule has 3 aliphatic carbocycles. The van der Waals surface area contributed by atoms with E-state index in [1.165, 1.54) is 77.0 Å². The molecule has 3 aliphatic rings. The van der Waals surface area contributed by atoms with Crippen LogP contribution >= 0.6 is 0 Å². The van der Waals surface area contributed by atoms with Gasteiger partial charge in [0.2, 0.25) is 0 Å². The fourth-order valence-electron chi connectivity index (χ4n) is 5.15. The molecule has 0 atom stereocenters. The molecule has 132 valence electrons. The Labute approximate surface area is 145 Å². The summed E-state index contributed by atoms with van der Waals surface area (Å²) in [7, 11) is 0.648. The lowest BCUT2D eigenvalue weighted by atomic mass is 9.97. The second kappa shape index (κ2) is 8.78. The minimum atomic E-state index is -0.0907. The second-order valence-electron chi connectivity index (χ2n) is 7.94. The Morgan fingerprint density at radius 3 is 1.57 bits per heavy atom. The van der Waals surface area contributed by atoms with Gasteiger partial charge in [0.1, 0.15) is 21.9 Å². The van der Waals surface area contributed by atoms with Crippen LogP contribution in [-0.4, -0.2) is 27.8 Å². The molecule has 0 amide bonds. The number of carbonyl (C=O) groups is 1. The zero-order valence-corrected chi connectivity index (χ0v) is 15.8. The van der Waals surface area contributed by atoms with Crippen LogP contribution in [0.15, 0.2) is 0 Å². The predicted molar refractivity (Wildman–Crippen MR) is 98.9 cm³/mol. The molecule has 23 heavy (non-hydrogen) atoms. The maximum absolute atomic E-state index is 11.2. The average molecular weight is 340 g/mol. The van der Waals surface area contributed by atoms with Crippen LogP contribution < -0.4 is 0 Å². The van der Waals surface area contributed by atoms with Gasteiger partial charge in [-0.2, -0.15) is 0 Å². The smallest absolute Gasteiger partial charge is 0.302 e. The van der Waals surface area contributed by atoms with Crippen LogP contribution in [0.3, 0.4) is 0 Å². The first-order chi connectivity index (χ1) is 11.2. The summed E-state index contributed by atoms with van der Waals surface area (Å²) in [5.41, 5.74) is 0. The summed E-state index contributed by atoms with van der Waals surface area (Å²) in [6.07, 6.45) is 19.9. The Bertz CT molecular complexity index is 346. The van der Waals surface area contributed by atoms with Crippen molar-refractivity contribution in [1.82, 2.24) is 0 Å². The van der Waals surface area contributed by atoms with Crippen molar-refractivity contribution in [2.75, 3.05) is 0 Å². The number of hydrogen-bond acceptors (Lipinski definition) is 2. The van der Waals surface area contributed by atoms with Crippen LogP contribution in [0, 0.1) is 0 Å². The molecule has 0 bridgehead atoms. The number of esters is 1. The molecule has 0 unspecified atom stereocenters. The SMILES string of the molecule is CC(=O)OC1CCC([S+](C2CCCCC2)C2CCCCC2)CC1. The Balaban J connectivity index is 1.62. The van der Waals surface area contributed by atoms with Crippen LogP contribution in [-0.2, 0) is 20.4 Å². The van der Waals surface area contributed by atoms with Crippen LogP contribution in [0.5, 0.6) is 0 Å². The van der Waals surface area contributed by atoms with Crippen molar-refractivity contribution in [1.29, 1.82) is 0 Å². The summed E-state index contributed by atoms with van der Waals surface area (Å²) in [6.45, 7) is 1.56. The number of hydrogen-bond donors (Lipinski definition) is 0. The zero-order valence-electron chi connectivity index (χ0n) is 14.9. The van der Waals surface area contributed by atoms with Crippen LogP contribution in [0.4, 0.5) is 0 Å². The van der Waals surface area contributed by atoms with Crippen LogP contribution in [0.25, 0.3) is 0 Å². The highest BCUT2D eigenvalue weighted by Crippen LogP contribution is 2.40. The Morgan fingerprint density at radius 2 is 1.13 bits per heavy atom. The van der Waals surface area contributed by atoms with E-state index in [0.29, 0.717) is 10.9 Å². The van der Waals surface area contributed by atoms with Gasteiger partial charge in [-0.15, -0.1) is 0 Å². The van der Waals surface area contributed by atoms with E-state index in [9.17, 15) is 4.79 Å². The lowest BCUT2D eigenvalue weighted by Crippen LogP contribution is -2.44. The predicted octanol–water partition coefficient (Wildman–Crippen LogP) is 5.14. The van der Waals surface area contributed by atoms with Crippen molar-refractivity contribution in [3.05, 3.63) is 0 Å². The summed E-state index contributed by atoms with van der Waals surface area (Å²) < 4.78 is 5.47. The molecule has 0 heterocycles. The highest BCUT2D eigenvalue weighted by molar-refractivity contribution is 7.98. The third kappa shape index (κ3) is 4.90. The summed E-state index contributed by atoms with van der Waals surface area (Å²) in [4.78, 5) is 11.2. The van der Waals surface area contributed by atoms with Gasteiger partial charge in [-0.25, -0.2) is 0 Å². The molecule has 0 aromatic rings. The molecular formula is C20H35O2S+. The number of carbonyl (C=O) groups excluding carboxylic acids is 1. The maximum atomic E-state index is 11.2. The molecule has 0 aliphatic heterocycles. The topological polar surface area (TPSA) is 26.3 Å². The van der Waals surface area contributed by atoms with Crippen LogP contribution in [0.2, 0.25) is 0 Å². The Hall–Kier alpha value is -0.180. The molecule has 2 nitrogen and oxygen atoms in total. The molecule has 3 saturated carbocycles. The molecule has 3 heteroatoms. The van der Waals surface area contributed by atoms with Crippen molar-refractivity contribution in [3.63, 3.8) is 0 Å². The van der Waals surface area contributed by atoms with Crippen molar-refractivity contribution in [3.8, 4) is 0 Å². The van der Waals surface area contributed by atoms with E-state index in [1.54, 1.807) is 6.92 Å². The number of rotatable bonds is 4. The van der Waals surface area contributed by atoms with Gasteiger partial charge in [-0.05, 0) is 87.9 Å². The highest BCUT2D eigenvalue weighted by Gasteiger charge is 2.46. The molecule has 0 saturated heterocycles. The van der Waals surface area contributed by atoms with Gasteiger partial charge in [0.05, 0.1) is 0 Å². The van der Waals surface area contributed by atoms with E-state index in [1.807, 2.05) is 0 Å². The van der Waals surface area contributed by atoms with Gasteiger partial charge >= 0.3 is 5.97 Å². The molecule has 0 spiro atoms. The summed E-state index contributed by atoms with van der Waals surface area (Å²) in [5.74, 6) is -0.0907. The molecule has 0 radical (unpaired) electrons. The fraction of sp³-hybridized carbons (Fsp3) is 0.950. The minimum Gasteiger partial charge on any atom is -0.463 e. The first kappa shape index (κ1) is 17.6. The highest BCUT2D eigenvalue weighted by atomic mass is 32.2. The average Bonchev–Trinajstić information content (AvgIpc) is 2.58. The van der Waals surface area contributed by atoms with Crippen molar-refractivity contribution >= 4 is 16.9 Å². The van der Waals surface area contributed by atoms with Gasteiger partial charge in [-0.3, -0.25) is 4.79 Å². The van der Waals surface area contributed by atoms with E-state index < -0.39 is 0 Å². The third-order valence-corrected chi connectivity index (χ3v) is 9.94. The van der Waals surface area contributed by atoms with E-state index in [-0.39, 0.29) is 12.1 Å². The van der Waals surface area contributed by atoms with E-state index in [0.717, 1.165) is 28.6 Å². The quantitative estimate of drug-likeness (QED) is 0.523. The molecular weight excluding hydrogens is 304 g/mol. The van der Waals surface area contributed by atoms with Gasteiger partial charge in [-0.1, -0.05) is 12.8 Å².